The maximum atomic E-state index is 13.3. The van der Waals surface area contributed by atoms with Crippen LogP contribution in [0.25, 0.3) is 33.5 Å². The number of carbonyl (C=O) groups excluding carboxylic acids is 1. The van der Waals surface area contributed by atoms with E-state index in [0.29, 0.717) is 37.6 Å². The molecule has 10 nitrogen and oxygen atoms in total. The lowest BCUT2D eigenvalue weighted by molar-refractivity contribution is 0.0725. The molecular formula is C31H35FN8O2. The lowest BCUT2D eigenvalue weighted by Crippen LogP contribution is -2.45. The van der Waals surface area contributed by atoms with Crippen LogP contribution in [-0.2, 0) is 26.6 Å². The molecule has 1 atom stereocenters. The Morgan fingerprint density at radius 2 is 2.07 bits per heavy atom. The van der Waals surface area contributed by atoms with Crippen LogP contribution < -0.4 is 10.5 Å². The first-order chi connectivity index (χ1) is 20.4. The van der Waals surface area contributed by atoms with Crippen LogP contribution in [0.5, 0.6) is 5.75 Å². The van der Waals surface area contributed by atoms with Crippen molar-refractivity contribution in [1.29, 1.82) is 0 Å². The van der Waals surface area contributed by atoms with E-state index in [-0.39, 0.29) is 12.5 Å². The summed E-state index contributed by atoms with van der Waals surface area (Å²) in [4.78, 5) is 24.2. The number of aromatic nitrogens is 6. The summed E-state index contributed by atoms with van der Waals surface area (Å²) in [6, 6.07) is 11.7. The van der Waals surface area contributed by atoms with Crippen molar-refractivity contribution in [2.45, 2.75) is 45.3 Å². The number of amides is 1. The number of imidazole rings is 1. The summed E-state index contributed by atoms with van der Waals surface area (Å²) < 4.78 is 25.7. The molecule has 0 spiro atoms. The van der Waals surface area contributed by atoms with Crippen molar-refractivity contribution in [3.8, 4) is 17.3 Å². The summed E-state index contributed by atoms with van der Waals surface area (Å²) >= 11 is 0. The van der Waals surface area contributed by atoms with E-state index in [2.05, 4.69) is 37.4 Å². The normalized spacial score (nSPS) is 16.0. The van der Waals surface area contributed by atoms with Gasteiger partial charge in [0.25, 0.3) is 5.91 Å². The van der Waals surface area contributed by atoms with Gasteiger partial charge in [-0.15, -0.1) is 0 Å². The van der Waals surface area contributed by atoms with Gasteiger partial charge in [0.15, 0.2) is 5.82 Å². The standard InChI is InChI=1S/C31H35FN8O2/c1-19-34-18-35-40(19)10-11-42-28-5-3-4-22-13-27(39(29(22)28)16-20-6-7-20)30-36-25-14-24-21(12-26(25)37(30)2)8-9-38(31(24)41)17-23(33)15-32/h3-5,12-14,18,20,23H,6-11,15-17,33H2,1-2H3/t23-/m1/s1. The molecule has 0 bridgehead atoms. The van der Waals surface area contributed by atoms with Gasteiger partial charge in [0.05, 0.1) is 34.8 Å². The Hall–Kier alpha value is -4.25. The molecule has 5 aromatic rings. The number of hydrogen-bond acceptors (Lipinski definition) is 6. The predicted octanol–water partition coefficient (Wildman–Crippen LogP) is 3.88. The van der Waals surface area contributed by atoms with Crippen molar-refractivity contribution < 1.29 is 13.9 Å². The molecule has 7 rings (SSSR count). The molecule has 1 aliphatic heterocycles. The molecule has 11 heteroatoms. The van der Waals surface area contributed by atoms with Crippen molar-refractivity contribution in [3.63, 3.8) is 0 Å². The fraction of sp³-hybridized carbons (Fsp3) is 0.419. The Balaban J connectivity index is 1.26. The largest absolute Gasteiger partial charge is 0.489 e. The van der Waals surface area contributed by atoms with Crippen molar-refractivity contribution in [2.24, 2.45) is 18.7 Å². The third kappa shape index (κ3) is 4.71. The zero-order valence-electron chi connectivity index (χ0n) is 24.0. The number of benzene rings is 2. The van der Waals surface area contributed by atoms with Gasteiger partial charge >= 0.3 is 0 Å². The van der Waals surface area contributed by atoms with Crippen LogP contribution in [0.2, 0.25) is 0 Å². The molecular weight excluding hydrogens is 535 g/mol. The fourth-order valence-electron chi connectivity index (χ4n) is 6.07. The highest BCUT2D eigenvalue weighted by Gasteiger charge is 2.29. The highest BCUT2D eigenvalue weighted by atomic mass is 19.1. The third-order valence-corrected chi connectivity index (χ3v) is 8.55. The van der Waals surface area contributed by atoms with E-state index in [1.807, 2.05) is 36.9 Å². The summed E-state index contributed by atoms with van der Waals surface area (Å²) in [5, 5.41) is 5.37. The van der Waals surface area contributed by atoms with Gasteiger partial charge in [-0.1, -0.05) is 12.1 Å². The summed E-state index contributed by atoms with van der Waals surface area (Å²) in [5.41, 5.74) is 11.3. The quantitative estimate of drug-likeness (QED) is 0.273. The lowest BCUT2D eigenvalue weighted by Gasteiger charge is -2.30. The van der Waals surface area contributed by atoms with Crippen LogP contribution in [-0.4, -0.2) is 72.1 Å². The molecule has 1 amide bonds. The molecule has 42 heavy (non-hydrogen) atoms. The first-order valence-electron chi connectivity index (χ1n) is 14.6. The van der Waals surface area contributed by atoms with Gasteiger partial charge in [-0.05, 0) is 61.9 Å². The summed E-state index contributed by atoms with van der Waals surface area (Å²) in [5.74, 6) is 3.06. The molecule has 0 saturated heterocycles. The number of alkyl halides is 1. The number of fused-ring (bicyclic) bond motifs is 3. The number of ether oxygens (including phenoxy) is 1. The average molecular weight is 571 g/mol. The van der Waals surface area contributed by atoms with Crippen molar-refractivity contribution >= 4 is 27.8 Å². The number of nitrogens with two attached hydrogens (primary N) is 1. The monoisotopic (exact) mass is 570 g/mol. The molecule has 2 aromatic carbocycles. The average Bonchev–Trinajstić information content (AvgIpc) is 3.48. The van der Waals surface area contributed by atoms with Crippen molar-refractivity contribution in [3.05, 3.63) is 59.7 Å². The van der Waals surface area contributed by atoms with E-state index in [1.165, 1.54) is 12.8 Å². The van der Waals surface area contributed by atoms with E-state index in [9.17, 15) is 9.18 Å². The van der Waals surface area contributed by atoms with Gasteiger partial charge in [-0.25, -0.2) is 19.0 Å². The summed E-state index contributed by atoms with van der Waals surface area (Å²) in [6.45, 7) is 4.01. The second-order valence-corrected chi connectivity index (χ2v) is 11.6. The van der Waals surface area contributed by atoms with E-state index in [1.54, 1.807) is 11.2 Å². The molecule has 0 radical (unpaired) electrons. The number of halogens is 1. The maximum Gasteiger partial charge on any atom is 0.254 e. The Morgan fingerprint density at radius 1 is 1.21 bits per heavy atom. The predicted molar refractivity (Wildman–Crippen MR) is 158 cm³/mol. The van der Waals surface area contributed by atoms with E-state index in [0.717, 1.165) is 57.1 Å². The van der Waals surface area contributed by atoms with Crippen LogP contribution in [0.15, 0.2) is 42.7 Å². The van der Waals surface area contributed by atoms with Crippen LogP contribution in [0.1, 0.15) is 34.6 Å². The second-order valence-electron chi connectivity index (χ2n) is 11.6. The molecule has 3 aromatic heterocycles. The molecule has 1 aliphatic carbocycles. The number of carbonyl (C=O) groups is 1. The lowest BCUT2D eigenvalue weighted by atomic mass is 9.97. The maximum absolute atomic E-state index is 13.3. The Labute approximate surface area is 242 Å². The van der Waals surface area contributed by atoms with E-state index in [4.69, 9.17) is 15.5 Å². The molecule has 1 saturated carbocycles. The minimum absolute atomic E-state index is 0.111. The van der Waals surface area contributed by atoms with Crippen molar-refractivity contribution in [2.75, 3.05) is 26.4 Å². The minimum atomic E-state index is -0.672. The van der Waals surface area contributed by atoms with Gasteiger partial charge in [-0.2, -0.15) is 5.10 Å². The molecule has 2 N–H and O–H groups in total. The Morgan fingerprint density at radius 3 is 2.83 bits per heavy atom. The van der Waals surface area contributed by atoms with E-state index < -0.39 is 12.7 Å². The van der Waals surface area contributed by atoms with Crippen LogP contribution in [0.3, 0.4) is 0 Å². The summed E-state index contributed by atoms with van der Waals surface area (Å²) in [6.07, 6.45) is 4.69. The van der Waals surface area contributed by atoms with E-state index >= 15 is 0 Å². The summed E-state index contributed by atoms with van der Waals surface area (Å²) in [7, 11) is 2.03. The van der Waals surface area contributed by atoms with Gasteiger partial charge in [0.1, 0.15) is 31.2 Å². The molecule has 2 aliphatic rings. The second kappa shape index (κ2) is 10.5. The molecule has 218 valence electrons. The zero-order valence-corrected chi connectivity index (χ0v) is 24.0. The molecule has 1 fully saturated rings. The van der Waals surface area contributed by atoms with Gasteiger partial charge in [0, 0.05) is 37.6 Å². The number of aryl methyl sites for hydroxylation is 2. The highest BCUT2D eigenvalue weighted by Crippen LogP contribution is 2.39. The van der Waals surface area contributed by atoms with Gasteiger partial charge < -0.3 is 24.5 Å². The molecule has 0 unspecified atom stereocenters. The van der Waals surface area contributed by atoms with Crippen LogP contribution in [0.4, 0.5) is 4.39 Å². The van der Waals surface area contributed by atoms with Gasteiger partial charge in [-0.3, -0.25) is 4.79 Å². The first kappa shape index (κ1) is 26.6. The zero-order chi connectivity index (χ0) is 29.0. The van der Waals surface area contributed by atoms with Crippen molar-refractivity contribution in [1.82, 2.24) is 33.8 Å². The van der Waals surface area contributed by atoms with Crippen LogP contribution in [0, 0.1) is 12.8 Å². The van der Waals surface area contributed by atoms with Gasteiger partial charge in [0.2, 0.25) is 0 Å². The number of hydrogen-bond donors (Lipinski definition) is 1. The number of nitrogens with zero attached hydrogens (tertiary/aromatic N) is 7. The Bertz CT molecular complexity index is 1800. The number of rotatable bonds is 10. The fourth-order valence-corrected chi connectivity index (χ4v) is 6.07. The Kier molecular flexibility index (Phi) is 6.69. The highest BCUT2D eigenvalue weighted by molar-refractivity contribution is 6.01. The number of para-hydroxylation sites is 1. The smallest absolute Gasteiger partial charge is 0.254 e. The topological polar surface area (TPSA) is 109 Å². The first-order valence-corrected chi connectivity index (χ1v) is 14.6. The SMILES string of the molecule is Cc1ncnn1CCOc1cccc2cc(-c3nc4cc5c(cc4n3C)CCN(C[C@H](N)CF)C5=O)n(CC3CC3)c12. The minimum Gasteiger partial charge on any atom is -0.489 e. The van der Waals surface area contributed by atoms with Crippen LogP contribution >= 0.6 is 0 Å². The molecule has 4 heterocycles. The third-order valence-electron chi connectivity index (χ3n) is 8.55.